The van der Waals surface area contributed by atoms with Gasteiger partial charge in [-0.25, -0.2) is 0 Å². The van der Waals surface area contributed by atoms with Crippen LogP contribution in [0, 0.1) is 0 Å². The van der Waals surface area contributed by atoms with Crippen molar-refractivity contribution in [2.45, 2.75) is 18.8 Å². The maximum absolute atomic E-state index is 14.8. The minimum absolute atomic E-state index is 0.217. The molecule has 1 aliphatic rings. The molecule has 6 rings (SSSR count). The number of carbonyl (C=O) groups is 2. The molecule has 1 aromatic heterocycles. The smallest absolute Gasteiger partial charge is 0.229 e. The number of primary amides is 1. The molecule has 1 atom stereocenters. The van der Waals surface area contributed by atoms with E-state index in [0.717, 1.165) is 33.4 Å². The highest BCUT2D eigenvalue weighted by atomic mass is 16.1. The zero-order chi connectivity index (χ0) is 28.5. The van der Waals surface area contributed by atoms with Crippen molar-refractivity contribution in [3.05, 3.63) is 144 Å². The number of amides is 1. The second kappa shape index (κ2) is 10.7. The molecule has 0 radical (unpaired) electrons. The number of nitrogens with zero attached hydrogens (tertiary/aromatic N) is 1. The summed E-state index contributed by atoms with van der Waals surface area (Å²) in [7, 11) is 0. The van der Waals surface area contributed by atoms with Crippen LogP contribution in [0.1, 0.15) is 45.0 Å². The molecule has 1 aliphatic carbocycles. The number of fused-ring (bicyclic) bond motifs is 3. The van der Waals surface area contributed by atoms with Crippen molar-refractivity contribution in [2.75, 3.05) is 5.73 Å². The first-order valence-corrected chi connectivity index (χ1v) is 13.6. The molecule has 1 amide bonds. The third-order valence-electron chi connectivity index (χ3n) is 7.80. The fraction of sp³-hybridized carbons (Fsp3) is 0.0833. The third-order valence-corrected chi connectivity index (χ3v) is 7.80. The van der Waals surface area contributed by atoms with Gasteiger partial charge in [-0.15, -0.1) is 6.58 Å². The highest BCUT2D eigenvalue weighted by Gasteiger charge is 2.40. The Morgan fingerprint density at radius 2 is 1.51 bits per heavy atom. The number of hydrogen-bond donors (Lipinski definition) is 2. The van der Waals surface area contributed by atoms with E-state index < -0.39 is 11.8 Å². The molecule has 5 heteroatoms. The normalized spacial score (nSPS) is 13.3. The van der Waals surface area contributed by atoms with Gasteiger partial charge in [-0.1, -0.05) is 91.0 Å². The summed E-state index contributed by atoms with van der Waals surface area (Å²) in [5.74, 6) is -1.42. The van der Waals surface area contributed by atoms with Crippen molar-refractivity contribution in [1.82, 2.24) is 4.98 Å². The highest BCUT2D eigenvalue weighted by Crippen LogP contribution is 2.53. The van der Waals surface area contributed by atoms with Crippen molar-refractivity contribution in [3.8, 4) is 33.5 Å². The predicted molar refractivity (Wildman–Crippen MR) is 164 cm³/mol. The Bertz CT molecular complexity index is 1810. The van der Waals surface area contributed by atoms with Crippen LogP contribution in [-0.2, 0) is 11.2 Å². The molecule has 5 aromatic rings. The van der Waals surface area contributed by atoms with Crippen LogP contribution >= 0.6 is 0 Å². The molecule has 1 unspecified atom stereocenters. The van der Waals surface area contributed by atoms with Gasteiger partial charge in [-0.3, -0.25) is 14.6 Å². The lowest BCUT2D eigenvalue weighted by atomic mass is 9.80. The monoisotopic (exact) mass is 535 g/mol. The van der Waals surface area contributed by atoms with Gasteiger partial charge in [0.1, 0.15) is 0 Å². The van der Waals surface area contributed by atoms with Gasteiger partial charge in [-0.05, 0) is 63.9 Å². The van der Waals surface area contributed by atoms with Crippen molar-refractivity contribution < 1.29 is 9.59 Å². The molecule has 0 saturated heterocycles. The second-order valence-electron chi connectivity index (χ2n) is 10.1. The van der Waals surface area contributed by atoms with Crippen LogP contribution in [0.3, 0.4) is 0 Å². The van der Waals surface area contributed by atoms with Crippen LogP contribution in [0.15, 0.2) is 116 Å². The molecule has 200 valence electrons. The third kappa shape index (κ3) is 4.32. The number of rotatable bonds is 8. The fourth-order valence-electron chi connectivity index (χ4n) is 6.10. The fourth-order valence-corrected chi connectivity index (χ4v) is 6.10. The van der Waals surface area contributed by atoms with Crippen LogP contribution in [0.2, 0.25) is 0 Å². The van der Waals surface area contributed by atoms with E-state index in [-0.39, 0.29) is 5.78 Å². The summed E-state index contributed by atoms with van der Waals surface area (Å²) in [5, 5.41) is 0. The molecule has 0 aliphatic heterocycles. The molecule has 0 saturated carbocycles. The Kier molecular flexibility index (Phi) is 6.78. The molecular formula is C36H29N3O2. The summed E-state index contributed by atoms with van der Waals surface area (Å²) in [6, 6.07) is 30.6. The van der Waals surface area contributed by atoms with E-state index in [9.17, 15) is 9.59 Å². The van der Waals surface area contributed by atoms with E-state index in [1.807, 2.05) is 103 Å². The van der Waals surface area contributed by atoms with Crippen LogP contribution in [0.25, 0.3) is 33.5 Å². The lowest BCUT2D eigenvalue weighted by molar-refractivity contribution is -0.118. The van der Waals surface area contributed by atoms with Crippen LogP contribution in [-0.4, -0.2) is 16.7 Å². The maximum atomic E-state index is 14.8. The summed E-state index contributed by atoms with van der Waals surface area (Å²) in [6.45, 7) is 3.92. The van der Waals surface area contributed by atoms with Gasteiger partial charge in [0.15, 0.2) is 5.78 Å². The van der Waals surface area contributed by atoms with Gasteiger partial charge in [0, 0.05) is 17.3 Å². The van der Waals surface area contributed by atoms with Crippen molar-refractivity contribution in [3.63, 3.8) is 0 Å². The van der Waals surface area contributed by atoms with E-state index in [0.29, 0.717) is 46.5 Å². The van der Waals surface area contributed by atoms with Crippen molar-refractivity contribution in [1.29, 1.82) is 0 Å². The number of nitrogen functional groups attached to an aromatic ring is 1. The van der Waals surface area contributed by atoms with Crippen LogP contribution in [0.5, 0.6) is 0 Å². The van der Waals surface area contributed by atoms with Crippen molar-refractivity contribution >= 4 is 17.4 Å². The summed E-state index contributed by atoms with van der Waals surface area (Å²) >= 11 is 0. The summed E-state index contributed by atoms with van der Waals surface area (Å²) in [5.41, 5.74) is 21.3. The SMILES string of the molecule is C=CCCc1c(-c2ccccn2)c(N)c(C(=O)c2ccccc2-c2ccccc2)c2c1C(C(N)=O)c1ccccc1-2. The highest BCUT2D eigenvalue weighted by molar-refractivity contribution is 6.22. The van der Waals surface area contributed by atoms with Gasteiger partial charge in [0.05, 0.1) is 22.9 Å². The molecule has 0 fully saturated rings. The molecule has 1 heterocycles. The van der Waals surface area contributed by atoms with E-state index in [4.69, 9.17) is 11.5 Å². The summed E-state index contributed by atoms with van der Waals surface area (Å²) in [4.78, 5) is 32.6. The molecule has 4 N–H and O–H groups in total. The summed E-state index contributed by atoms with van der Waals surface area (Å²) in [6.07, 6.45) is 4.75. The van der Waals surface area contributed by atoms with Crippen molar-refractivity contribution in [2.24, 2.45) is 5.73 Å². The topological polar surface area (TPSA) is 99.1 Å². The summed E-state index contributed by atoms with van der Waals surface area (Å²) < 4.78 is 0. The lowest BCUT2D eigenvalue weighted by Gasteiger charge is -2.23. The molecule has 0 bridgehead atoms. The van der Waals surface area contributed by atoms with E-state index in [2.05, 4.69) is 11.6 Å². The number of carbonyl (C=O) groups excluding carboxylic acids is 2. The standard InChI is InChI=1S/C36H29N3O2/c1-2-3-15-27-29(28-20-11-12-21-39-28)34(37)33(30-24-17-8-9-18-25(24)32(31(27)30)36(38)41)35(40)26-19-10-7-16-23(26)22-13-5-4-6-14-22/h2,4-14,16-21,32H,1,3,15,37H2,(H2,38,41). The Hall–Kier alpha value is -5.29. The van der Waals surface area contributed by atoms with Crippen LogP contribution in [0.4, 0.5) is 5.69 Å². The van der Waals surface area contributed by atoms with Gasteiger partial charge in [0.2, 0.25) is 5.91 Å². The number of aromatic nitrogens is 1. The second-order valence-corrected chi connectivity index (χ2v) is 10.1. The predicted octanol–water partition coefficient (Wildman–Crippen LogP) is 6.95. The number of benzene rings is 4. The molecular weight excluding hydrogens is 506 g/mol. The number of anilines is 1. The number of hydrogen-bond acceptors (Lipinski definition) is 4. The number of nitrogens with two attached hydrogens (primary N) is 2. The minimum Gasteiger partial charge on any atom is -0.398 e. The Morgan fingerprint density at radius 3 is 2.22 bits per heavy atom. The van der Waals surface area contributed by atoms with E-state index in [1.165, 1.54) is 0 Å². The van der Waals surface area contributed by atoms with E-state index in [1.54, 1.807) is 6.20 Å². The number of ketones is 1. The van der Waals surface area contributed by atoms with Gasteiger partial charge < -0.3 is 11.5 Å². The zero-order valence-electron chi connectivity index (χ0n) is 22.5. The minimum atomic E-state index is -0.722. The largest absolute Gasteiger partial charge is 0.398 e. The Morgan fingerprint density at radius 1 is 0.829 bits per heavy atom. The first-order chi connectivity index (χ1) is 20.0. The molecule has 0 spiro atoms. The first-order valence-electron chi connectivity index (χ1n) is 13.6. The zero-order valence-corrected chi connectivity index (χ0v) is 22.5. The molecule has 4 aromatic carbocycles. The molecule has 41 heavy (non-hydrogen) atoms. The van der Waals surface area contributed by atoms with Gasteiger partial charge >= 0.3 is 0 Å². The lowest BCUT2D eigenvalue weighted by Crippen LogP contribution is -2.23. The Balaban J connectivity index is 1.73. The Labute approximate surface area is 239 Å². The average Bonchev–Trinajstić information content (AvgIpc) is 3.35. The average molecular weight is 536 g/mol. The van der Waals surface area contributed by atoms with Gasteiger partial charge in [-0.2, -0.15) is 0 Å². The number of pyridine rings is 1. The first kappa shape index (κ1) is 26.0. The van der Waals surface area contributed by atoms with Gasteiger partial charge in [0.25, 0.3) is 0 Å². The maximum Gasteiger partial charge on any atom is 0.229 e. The van der Waals surface area contributed by atoms with Crippen LogP contribution < -0.4 is 11.5 Å². The molecule has 5 nitrogen and oxygen atoms in total. The van der Waals surface area contributed by atoms with E-state index >= 15 is 0 Å². The quantitative estimate of drug-likeness (QED) is 0.128. The number of allylic oxidation sites excluding steroid dienone is 1.